The van der Waals surface area contributed by atoms with E-state index in [1.54, 1.807) is 19.1 Å². The van der Waals surface area contributed by atoms with Crippen LogP contribution in [0.25, 0.3) is 6.08 Å². The number of esters is 1. The van der Waals surface area contributed by atoms with Gasteiger partial charge in [0.25, 0.3) is 5.91 Å². The molecule has 1 heterocycles. The second kappa shape index (κ2) is 7.58. The smallest absolute Gasteiger partial charge is 0.340 e. The van der Waals surface area contributed by atoms with Crippen LogP contribution in [0, 0.1) is 5.82 Å². The van der Waals surface area contributed by atoms with Crippen LogP contribution in [-0.2, 0) is 20.7 Å². The molecule has 0 N–H and O–H groups in total. The summed E-state index contributed by atoms with van der Waals surface area (Å²) in [7, 11) is 1.27. The molecule has 0 atom stereocenters. The van der Waals surface area contributed by atoms with Gasteiger partial charge in [-0.15, -0.1) is 0 Å². The number of benzene rings is 2. The Bertz CT molecular complexity index is 958. The molecule has 3 rings (SSSR count). The van der Waals surface area contributed by atoms with Gasteiger partial charge < -0.3 is 4.74 Å². The topological polar surface area (TPSA) is 46.6 Å². The second-order valence-corrected chi connectivity index (χ2v) is 6.23. The normalized spacial score (nSPS) is 15.6. The molecule has 0 radical (unpaired) electrons. The van der Waals surface area contributed by atoms with Crippen LogP contribution in [0.3, 0.4) is 0 Å². The fourth-order valence-corrected chi connectivity index (χ4v) is 3.13. The van der Waals surface area contributed by atoms with Gasteiger partial charge in [0.1, 0.15) is 5.82 Å². The van der Waals surface area contributed by atoms with Crippen molar-refractivity contribution in [3.05, 3.63) is 82.3 Å². The number of rotatable bonds is 4. The van der Waals surface area contributed by atoms with Crippen LogP contribution in [-0.4, -0.2) is 19.0 Å². The molecule has 0 aromatic heterocycles. The van der Waals surface area contributed by atoms with Gasteiger partial charge in [-0.25, -0.2) is 9.18 Å². The standard InChI is InChI=1S/C22H20FNO3/c1-4-15-8-10-18(11-9-15)24-14(2)20(22(26)27-3)19(21(24)25)13-16-6-5-7-17(23)12-16/h5-13H,4H2,1-3H3/b19-13-. The van der Waals surface area contributed by atoms with E-state index in [1.165, 1.54) is 30.2 Å². The van der Waals surface area contributed by atoms with E-state index in [-0.39, 0.29) is 17.1 Å². The van der Waals surface area contributed by atoms with Gasteiger partial charge in [-0.1, -0.05) is 31.2 Å². The number of anilines is 1. The minimum atomic E-state index is -0.601. The first-order chi connectivity index (χ1) is 13.0. The molecular formula is C22H20FNO3. The molecule has 27 heavy (non-hydrogen) atoms. The Hall–Kier alpha value is -3.21. The van der Waals surface area contributed by atoms with Crippen molar-refractivity contribution in [1.29, 1.82) is 0 Å². The summed E-state index contributed by atoms with van der Waals surface area (Å²) in [4.78, 5) is 26.9. The molecule has 0 bridgehead atoms. The Morgan fingerprint density at radius 1 is 1.19 bits per heavy atom. The monoisotopic (exact) mass is 365 g/mol. The molecular weight excluding hydrogens is 345 g/mol. The lowest BCUT2D eigenvalue weighted by Gasteiger charge is -2.18. The van der Waals surface area contributed by atoms with Crippen LogP contribution >= 0.6 is 0 Å². The Labute approximate surface area is 157 Å². The summed E-state index contributed by atoms with van der Waals surface area (Å²) in [5.74, 6) is -1.36. The fraction of sp³-hybridized carbons (Fsp3) is 0.182. The van der Waals surface area contributed by atoms with Crippen molar-refractivity contribution in [3.63, 3.8) is 0 Å². The highest BCUT2D eigenvalue weighted by Gasteiger charge is 2.37. The van der Waals surface area contributed by atoms with Crippen molar-refractivity contribution in [1.82, 2.24) is 0 Å². The predicted molar refractivity (Wildman–Crippen MR) is 102 cm³/mol. The zero-order chi connectivity index (χ0) is 19.6. The summed E-state index contributed by atoms with van der Waals surface area (Å²) >= 11 is 0. The van der Waals surface area contributed by atoms with Crippen molar-refractivity contribution in [2.75, 3.05) is 12.0 Å². The number of allylic oxidation sites excluding steroid dienone is 1. The van der Waals surface area contributed by atoms with Gasteiger partial charge in [-0.3, -0.25) is 9.69 Å². The lowest BCUT2D eigenvalue weighted by molar-refractivity contribution is -0.136. The maximum atomic E-state index is 13.5. The number of hydrogen-bond acceptors (Lipinski definition) is 3. The molecule has 2 aromatic carbocycles. The van der Waals surface area contributed by atoms with E-state index in [1.807, 2.05) is 24.3 Å². The highest BCUT2D eigenvalue weighted by molar-refractivity contribution is 6.23. The molecule has 1 aliphatic rings. The number of hydrogen-bond donors (Lipinski definition) is 0. The zero-order valence-corrected chi connectivity index (χ0v) is 15.5. The van der Waals surface area contributed by atoms with Crippen molar-refractivity contribution in [3.8, 4) is 0 Å². The van der Waals surface area contributed by atoms with Gasteiger partial charge in [-0.2, -0.15) is 0 Å². The average molecular weight is 365 g/mol. The maximum Gasteiger partial charge on any atom is 0.340 e. The van der Waals surface area contributed by atoms with Crippen molar-refractivity contribution >= 4 is 23.6 Å². The van der Waals surface area contributed by atoms with E-state index in [2.05, 4.69) is 6.92 Å². The van der Waals surface area contributed by atoms with Gasteiger partial charge in [-0.05, 0) is 54.8 Å². The second-order valence-electron chi connectivity index (χ2n) is 6.23. The quantitative estimate of drug-likeness (QED) is 0.601. The molecule has 0 unspecified atom stereocenters. The summed E-state index contributed by atoms with van der Waals surface area (Å²) in [6.45, 7) is 3.75. The summed E-state index contributed by atoms with van der Waals surface area (Å²) in [6, 6.07) is 13.4. The van der Waals surface area contributed by atoms with Crippen LogP contribution in [0.5, 0.6) is 0 Å². The number of nitrogens with zero attached hydrogens (tertiary/aromatic N) is 1. The Morgan fingerprint density at radius 2 is 1.89 bits per heavy atom. The Morgan fingerprint density at radius 3 is 2.48 bits per heavy atom. The third-order valence-electron chi connectivity index (χ3n) is 4.55. The largest absolute Gasteiger partial charge is 0.465 e. The Kier molecular flexibility index (Phi) is 5.21. The number of carbonyl (C=O) groups excluding carboxylic acids is 2. The van der Waals surface area contributed by atoms with Crippen LogP contribution in [0.4, 0.5) is 10.1 Å². The molecule has 138 valence electrons. The SMILES string of the molecule is CCc1ccc(N2C(=O)/C(=C\c3cccc(F)c3)C(C(=O)OC)=C2C)cc1. The summed E-state index contributed by atoms with van der Waals surface area (Å²) in [6.07, 6.45) is 2.41. The van der Waals surface area contributed by atoms with Crippen molar-refractivity contribution in [2.24, 2.45) is 0 Å². The van der Waals surface area contributed by atoms with E-state index < -0.39 is 11.8 Å². The minimum Gasteiger partial charge on any atom is -0.465 e. The highest BCUT2D eigenvalue weighted by Crippen LogP contribution is 2.35. The third-order valence-corrected chi connectivity index (χ3v) is 4.55. The van der Waals surface area contributed by atoms with Crippen LogP contribution < -0.4 is 4.90 Å². The van der Waals surface area contributed by atoms with E-state index in [4.69, 9.17) is 4.74 Å². The lowest BCUT2D eigenvalue weighted by atomic mass is 10.0. The number of amides is 1. The van der Waals surface area contributed by atoms with E-state index in [0.29, 0.717) is 16.9 Å². The van der Waals surface area contributed by atoms with E-state index in [0.717, 1.165) is 12.0 Å². The first kappa shape index (κ1) is 18.6. The highest BCUT2D eigenvalue weighted by atomic mass is 19.1. The molecule has 0 spiro atoms. The van der Waals surface area contributed by atoms with Crippen LogP contribution in [0.15, 0.2) is 65.4 Å². The molecule has 4 nitrogen and oxygen atoms in total. The first-order valence-corrected chi connectivity index (χ1v) is 8.66. The van der Waals surface area contributed by atoms with Gasteiger partial charge in [0.2, 0.25) is 0 Å². The number of aryl methyl sites for hydroxylation is 1. The molecule has 0 aliphatic carbocycles. The number of ether oxygens (including phenoxy) is 1. The zero-order valence-electron chi connectivity index (χ0n) is 15.5. The molecule has 2 aromatic rings. The minimum absolute atomic E-state index is 0.185. The summed E-state index contributed by atoms with van der Waals surface area (Å²) in [5.41, 5.74) is 3.17. The molecule has 1 aliphatic heterocycles. The fourth-order valence-electron chi connectivity index (χ4n) is 3.13. The molecule has 0 saturated carbocycles. The van der Waals surface area contributed by atoms with Gasteiger partial charge in [0.15, 0.2) is 0 Å². The van der Waals surface area contributed by atoms with Crippen LogP contribution in [0.1, 0.15) is 25.0 Å². The average Bonchev–Trinajstić information content (AvgIpc) is 2.91. The van der Waals surface area contributed by atoms with Gasteiger partial charge in [0, 0.05) is 11.4 Å². The molecule has 0 fully saturated rings. The number of carbonyl (C=O) groups is 2. The lowest BCUT2D eigenvalue weighted by Crippen LogP contribution is -2.24. The summed E-state index contributed by atoms with van der Waals surface area (Å²) in [5, 5.41) is 0. The first-order valence-electron chi connectivity index (χ1n) is 8.66. The molecule has 1 amide bonds. The van der Waals surface area contributed by atoms with Gasteiger partial charge >= 0.3 is 5.97 Å². The van der Waals surface area contributed by atoms with Gasteiger partial charge in [0.05, 0.1) is 18.3 Å². The number of methoxy groups -OCH3 is 1. The van der Waals surface area contributed by atoms with Crippen LogP contribution in [0.2, 0.25) is 0 Å². The number of halogens is 1. The van der Waals surface area contributed by atoms with E-state index >= 15 is 0 Å². The van der Waals surface area contributed by atoms with E-state index in [9.17, 15) is 14.0 Å². The molecule has 0 saturated heterocycles. The van der Waals surface area contributed by atoms with Crippen molar-refractivity contribution < 1.29 is 18.7 Å². The third kappa shape index (κ3) is 3.53. The maximum absolute atomic E-state index is 13.5. The molecule has 5 heteroatoms. The predicted octanol–water partition coefficient (Wildman–Crippen LogP) is 4.27. The van der Waals surface area contributed by atoms with Crippen molar-refractivity contribution in [2.45, 2.75) is 20.3 Å². The summed E-state index contributed by atoms with van der Waals surface area (Å²) < 4.78 is 18.4. The Balaban J connectivity index is 2.11.